The molecule has 0 atom stereocenters. The minimum Gasteiger partial charge on any atom is -0.492 e. The second kappa shape index (κ2) is 12.7. The molecule has 1 aliphatic carbocycles. The molecule has 2 N–H and O–H groups in total. The molecular formula is C23H39O4P. The Kier molecular flexibility index (Phi) is 10.6. The van der Waals surface area contributed by atoms with Crippen LogP contribution in [0.1, 0.15) is 96.0 Å². The molecule has 160 valence electrons. The van der Waals surface area contributed by atoms with Crippen LogP contribution in [0.3, 0.4) is 0 Å². The molecule has 1 saturated carbocycles. The van der Waals surface area contributed by atoms with Crippen molar-refractivity contribution in [1.82, 2.24) is 0 Å². The second-order valence-corrected chi connectivity index (χ2v) is 9.96. The summed E-state index contributed by atoms with van der Waals surface area (Å²) in [6.45, 7) is 2.79. The van der Waals surface area contributed by atoms with E-state index < -0.39 is 7.60 Å². The summed E-state index contributed by atoms with van der Waals surface area (Å²) in [5, 5.41) is 0.0559. The fraction of sp³-hybridized carbons (Fsp3) is 0.739. The Labute approximate surface area is 171 Å². The van der Waals surface area contributed by atoms with Crippen molar-refractivity contribution in [3.8, 4) is 5.75 Å². The predicted octanol–water partition coefficient (Wildman–Crippen LogP) is 6.13. The summed E-state index contributed by atoms with van der Waals surface area (Å²) in [6.07, 6.45) is 17.0. The van der Waals surface area contributed by atoms with Crippen molar-refractivity contribution in [2.24, 2.45) is 5.92 Å². The lowest BCUT2D eigenvalue weighted by atomic mass is 9.90. The molecule has 0 aromatic heterocycles. The van der Waals surface area contributed by atoms with Gasteiger partial charge in [-0.25, -0.2) is 0 Å². The van der Waals surface area contributed by atoms with Crippen molar-refractivity contribution in [2.45, 2.75) is 96.8 Å². The average molecular weight is 411 g/mol. The van der Waals surface area contributed by atoms with Crippen LogP contribution < -0.4 is 10.0 Å². The molecular weight excluding hydrogens is 371 g/mol. The van der Waals surface area contributed by atoms with E-state index in [4.69, 9.17) is 4.74 Å². The zero-order valence-corrected chi connectivity index (χ0v) is 18.5. The fourth-order valence-electron chi connectivity index (χ4n) is 4.09. The summed E-state index contributed by atoms with van der Waals surface area (Å²) in [5.74, 6) is 0.869. The number of hydrogen-bond acceptors (Lipinski definition) is 2. The highest BCUT2D eigenvalue weighted by Gasteiger charge is 2.24. The van der Waals surface area contributed by atoms with Crippen molar-refractivity contribution < 1.29 is 19.1 Å². The standard InChI is InChI=1S/C23H39O4P/c1-2-3-4-5-6-7-8-10-13-20-16-17-22(23(18-20)28(24,25)26)27-19-21-14-11-9-12-15-21/h16-18,21H,2-15,19H2,1H3,(H2,24,25,26). The van der Waals surface area contributed by atoms with Gasteiger partial charge in [0.2, 0.25) is 0 Å². The van der Waals surface area contributed by atoms with Gasteiger partial charge in [0, 0.05) is 0 Å². The smallest absolute Gasteiger partial charge is 0.359 e. The highest BCUT2D eigenvalue weighted by Crippen LogP contribution is 2.38. The molecule has 0 heterocycles. The minimum absolute atomic E-state index is 0.0559. The molecule has 0 unspecified atom stereocenters. The van der Waals surface area contributed by atoms with Gasteiger partial charge in [0.05, 0.1) is 6.61 Å². The highest BCUT2D eigenvalue weighted by molar-refractivity contribution is 7.60. The summed E-state index contributed by atoms with van der Waals surface area (Å²) in [4.78, 5) is 19.5. The summed E-state index contributed by atoms with van der Waals surface area (Å²) in [7, 11) is -4.34. The first-order valence-electron chi connectivity index (χ1n) is 11.3. The van der Waals surface area contributed by atoms with Gasteiger partial charge in [0.15, 0.2) is 0 Å². The van der Waals surface area contributed by atoms with Gasteiger partial charge in [-0.05, 0) is 49.3 Å². The molecule has 0 radical (unpaired) electrons. The van der Waals surface area contributed by atoms with Crippen LogP contribution in [0.4, 0.5) is 0 Å². The van der Waals surface area contributed by atoms with Crippen LogP contribution in [-0.2, 0) is 11.0 Å². The topological polar surface area (TPSA) is 66.8 Å². The van der Waals surface area contributed by atoms with Crippen LogP contribution in [0, 0.1) is 5.92 Å². The van der Waals surface area contributed by atoms with Crippen LogP contribution in [-0.4, -0.2) is 16.4 Å². The highest BCUT2D eigenvalue weighted by atomic mass is 31.2. The molecule has 1 aromatic carbocycles. The molecule has 0 saturated heterocycles. The van der Waals surface area contributed by atoms with Crippen LogP contribution >= 0.6 is 7.60 Å². The van der Waals surface area contributed by atoms with E-state index in [0.29, 0.717) is 18.3 Å². The van der Waals surface area contributed by atoms with Gasteiger partial charge in [0.1, 0.15) is 11.1 Å². The van der Waals surface area contributed by atoms with Crippen molar-refractivity contribution >= 4 is 12.9 Å². The van der Waals surface area contributed by atoms with Gasteiger partial charge >= 0.3 is 7.60 Å². The molecule has 1 aromatic rings. The van der Waals surface area contributed by atoms with E-state index in [0.717, 1.165) is 31.2 Å². The van der Waals surface area contributed by atoms with Crippen molar-refractivity contribution in [2.75, 3.05) is 6.61 Å². The Balaban J connectivity index is 1.82. The second-order valence-electron chi connectivity index (χ2n) is 8.39. The molecule has 28 heavy (non-hydrogen) atoms. The van der Waals surface area contributed by atoms with Crippen molar-refractivity contribution in [1.29, 1.82) is 0 Å². The Morgan fingerprint density at radius 3 is 2.25 bits per heavy atom. The molecule has 0 bridgehead atoms. The molecule has 1 aliphatic rings. The van der Waals surface area contributed by atoms with E-state index in [1.165, 1.54) is 64.2 Å². The van der Waals surface area contributed by atoms with Crippen LogP contribution in [0.2, 0.25) is 0 Å². The summed E-state index contributed by atoms with van der Waals surface area (Å²) < 4.78 is 17.8. The normalized spacial score (nSPS) is 15.7. The molecule has 0 amide bonds. The number of benzene rings is 1. The van der Waals surface area contributed by atoms with Crippen LogP contribution in [0.5, 0.6) is 5.75 Å². The third kappa shape index (κ3) is 8.68. The summed E-state index contributed by atoms with van der Waals surface area (Å²) in [5.41, 5.74) is 0.995. The maximum Gasteiger partial charge on any atom is 0.359 e. The molecule has 0 aliphatic heterocycles. The molecule has 0 spiro atoms. The first-order valence-corrected chi connectivity index (χ1v) is 12.9. The molecule has 1 fully saturated rings. The van der Waals surface area contributed by atoms with Gasteiger partial charge in [-0.15, -0.1) is 0 Å². The van der Waals surface area contributed by atoms with Gasteiger partial charge in [-0.2, -0.15) is 0 Å². The first kappa shape index (κ1) is 23.4. The van der Waals surface area contributed by atoms with Crippen molar-refractivity contribution in [3.05, 3.63) is 23.8 Å². The van der Waals surface area contributed by atoms with Crippen molar-refractivity contribution in [3.63, 3.8) is 0 Å². The van der Waals surface area contributed by atoms with Crippen LogP contribution in [0.25, 0.3) is 0 Å². The fourth-order valence-corrected chi connectivity index (χ4v) is 4.85. The minimum atomic E-state index is -4.34. The maximum absolute atomic E-state index is 12.0. The number of aryl methyl sites for hydroxylation is 1. The van der Waals surface area contributed by atoms with E-state index in [1.54, 1.807) is 12.1 Å². The number of unbranched alkanes of at least 4 members (excludes halogenated alkanes) is 7. The largest absolute Gasteiger partial charge is 0.492 e. The van der Waals surface area contributed by atoms with E-state index in [1.807, 2.05) is 6.07 Å². The average Bonchev–Trinajstić information content (AvgIpc) is 2.69. The van der Waals surface area contributed by atoms with E-state index in [2.05, 4.69) is 6.92 Å². The van der Waals surface area contributed by atoms with E-state index in [-0.39, 0.29) is 5.30 Å². The summed E-state index contributed by atoms with van der Waals surface area (Å²) in [6, 6.07) is 5.40. The quantitative estimate of drug-likeness (QED) is 0.303. The Morgan fingerprint density at radius 1 is 0.964 bits per heavy atom. The van der Waals surface area contributed by atoms with E-state index >= 15 is 0 Å². The third-order valence-corrected chi connectivity index (χ3v) is 6.83. The van der Waals surface area contributed by atoms with Gasteiger partial charge in [0.25, 0.3) is 0 Å². The van der Waals surface area contributed by atoms with Gasteiger partial charge < -0.3 is 14.5 Å². The van der Waals surface area contributed by atoms with Crippen LogP contribution in [0.15, 0.2) is 18.2 Å². The Bertz CT molecular complexity index is 605. The molecule has 5 heteroatoms. The molecule has 2 rings (SSSR count). The summed E-state index contributed by atoms with van der Waals surface area (Å²) >= 11 is 0. The first-order chi connectivity index (χ1) is 13.5. The monoisotopic (exact) mass is 410 g/mol. The number of rotatable bonds is 13. The van der Waals surface area contributed by atoms with Gasteiger partial charge in [-0.1, -0.05) is 77.2 Å². The lowest BCUT2D eigenvalue weighted by Gasteiger charge is -2.22. The van der Waals surface area contributed by atoms with Gasteiger partial charge in [-0.3, -0.25) is 4.57 Å². The zero-order valence-electron chi connectivity index (χ0n) is 17.6. The lowest BCUT2D eigenvalue weighted by Crippen LogP contribution is -2.18. The molecule has 4 nitrogen and oxygen atoms in total. The zero-order chi connectivity index (χ0) is 20.2. The maximum atomic E-state index is 12.0. The lowest BCUT2D eigenvalue weighted by molar-refractivity contribution is 0.209. The van der Waals surface area contributed by atoms with E-state index in [9.17, 15) is 14.4 Å². The number of hydrogen-bond donors (Lipinski definition) is 2. The Morgan fingerprint density at radius 2 is 1.61 bits per heavy atom. The SMILES string of the molecule is CCCCCCCCCCc1ccc(OCC2CCCCC2)c(P(=O)(O)O)c1. The Hall–Kier alpha value is -0.830. The number of ether oxygens (including phenoxy) is 1. The third-order valence-electron chi connectivity index (χ3n) is 5.86. The predicted molar refractivity (Wildman–Crippen MR) is 117 cm³/mol.